The Morgan fingerprint density at radius 3 is 2.60 bits per heavy atom. The zero-order chi connectivity index (χ0) is 21.4. The van der Waals surface area contributed by atoms with E-state index < -0.39 is 0 Å². The number of hydrogen-bond acceptors (Lipinski definition) is 4. The largest absolute Gasteiger partial charge is 0.496 e. The van der Waals surface area contributed by atoms with E-state index in [2.05, 4.69) is 11.8 Å². The summed E-state index contributed by atoms with van der Waals surface area (Å²) in [5, 5.41) is 0.482. The highest BCUT2D eigenvalue weighted by Gasteiger charge is 2.44. The number of methoxy groups -OCH3 is 1. The van der Waals surface area contributed by atoms with Crippen LogP contribution in [0.1, 0.15) is 30.9 Å². The van der Waals surface area contributed by atoms with Gasteiger partial charge in [0.2, 0.25) is 0 Å². The molecule has 0 saturated carbocycles. The first kappa shape index (κ1) is 20.5. The lowest BCUT2D eigenvalue weighted by Gasteiger charge is -2.33. The molecule has 1 atom stereocenters. The van der Waals surface area contributed by atoms with Gasteiger partial charge < -0.3 is 9.64 Å². The van der Waals surface area contributed by atoms with Crippen molar-refractivity contribution < 1.29 is 14.3 Å². The molecule has 1 fully saturated rings. The second-order valence-electron chi connectivity index (χ2n) is 7.99. The molecule has 2 aliphatic rings. The molecule has 2 amide bonds. The monoisotopic (exact) mass is 424 g/mol. The van der Waals surface area contributed by atoms with Crippen molar-refractivity contribution in [1.29, 1.82) is 0 Å². The molecule has 1 saturated heterocycles. The minimum atomic E-state index is -0.344. The van der Waals surface area contributed by atoms with Crippen molar-refractivity contribution in [2.24, 2.45) is 5.92 Å². The number of imide groups is 1. The Bertz CT molecular complexity index is 1050. The predicted octanol–water partition coefficient (Wildman–Crippen LogP) is 4.67. The molecule has 0 bridgehead atoms. The smallest absolute Gasteiger partial charge is 0.282 e. The minimum Gasteiger partial charge on any atom is -0.496 e. The van der Waals surface area contributed by atoms with Crippen molar-refractivity contribution in [2.45, 2.75) is 26.7 Å². The molecule has 5 nitrogen and oxygen atoms in total. The predicted molar refractivity (Wildman–Crippen MR) is 119 cm³/mol. The lowest BCUT2D eigenvalue weighted by Crippen LogP contribution is -2.39. The third-order valence-electron chi connectivity index (χ3n) is 5.82. The van der Waals surface area contributed by atoms with Crippen LogP contribution in [-0.2, 0) is 9.59 Å². The van der Waals surface area contributed by atoms with Gasteiger partial charge in [0.05, 0.1) is 18.4 Å². The molecule has 156 valence electrons. The summed E-state index contributed by atoms with van der Waals surface area (Å²) in [6.07, 6.45) is 2.11. The van der Waals surface area contributed by atoms with Crippen LogP contribution in [0.25, 0.3) is 5.57 Å². The van der Waals surface area contributed by atoms with Crippen LogP contribution in [0.15, 0.2) is 48.2 Å². The number of rotatable bonds is 4. The molecule has 2 aromatic carbocycles. The molecule has 0 radical (unpaired) electrons. The van der Waals surface area contributed by atoms with Crippen LogP contribution >= 0.6 is 11.6 Å². The van der Waals surface area contributed by atoms with Crippen molar-refractivity contribution in [3.05, 3.63) is 64.3 Å². The highest BCUT2D eigenvalue weighted by atomic mass is 35.5. The molecule has 2 heterocycles. The number of carbonyl (C=O) groups is 2. The first-order chi connectivity index (χ1) is 14.4. The molecule has 0 N–H and O–H groups in total. The van der Waals surface area contributed by atoms with E-state index in [9.17, 15) is 9.59 Å². The standard InChI is InChI=1S/C24H25ClN2O3/c1-15-7-6-12-26(14-15)22-21(18-8-4-5-9-20(18)30-3)23(28)27(24(22)29)19-13-17(25)11-10-16(19)2/h4-5,8-11,13,15H,6-7,12,14H2,1-3H3. The molecule has 6 heteroatoms. The summed E-state index contributed by atoms with van der Waals surface area (Å²) >= 11 is 6.20. The van der Waals surface area contributed by atoms with Gasteiger partial charge in [-0.1, -0.05) is 42.8 Å². The zero-order valence-corrected chi connectivity index (χ0v) is 18.2. The van der Waals surface area contributed by atoms with Crippen LogP contribution in [0, 0.1) is 12.8 Å². The fourth-order valence-corrected chi connectivity index (χ4v) is 4.51. The number of nitrogens with zero attached hydrogens (tertiary/aromatic N) is 2. The summed E-state index contributed by atoms with van der Waals surface area (Å²) in [6, 6.07) is 12.6. The van der Waals surface area contributed by atoms with Crippen molar-refractivity contribution >= 4 is 34.7 Å². The average molecular weight is 425 g/mol. The Balaban J connectivity index is 1.90. The second kappa shape index (κ2) is 8.15. The minimum absolute atomic E-state index is 0.305. The van der Waals surface area contributed by atoms with Gasteiger partial charge in [-0.15, -0.1) is 0 Å². The molecule has 0 aliphatic carbocycles. The van der Waals surface area contributed by atoms with Crippen LogP contribution in [0.2, 0.25) is 5.02 Å². The van der Waals surface area contributed by atoms with Gasteiger partial charge in [-0.05, 0) is 49.4 Å². The fraction of sp³-hybridized carbons (Fsp3) is 0.333. The van der Waals surface area contributed by atoms with Crippen LogP contribution < -0.4 is 9.64 Å². The summed E-state index contributed by atoms with van der Waals surface area (Å²) in [7, 11) is 1.57. The number of para-hydroxylation sites is 1. The summed E-state index contributed by atoms with van der Waals surface area (Å²) in [5.41, 5.74) is 2.81. The molecule has 4 rings (SSSR count). The number of piperidine rings is 1. The van der Waals surface area contributed by atoms with Gasteiger partial charge in [0.25, 0.3) is 11.8 Å². The molecule has 0 spiro atoms. The number of ether oxygens (including phenoxy) is 1. The van der Waals surface area contributed by atoms with E-state index in [-0.39, 0.29) is 11.8 Å². The summed E-state index contributed by atoms with van der Waals surface area (Å²) < 4.78 is 5.53. The Labute approximate surface area is 181 Å². The first-order valence-electron chi connectivity index (χ1n) is 10.2. The van der Waals surface area contributed by atoms with Gasteiger partial charge in [-0.2, -0.15) is 0 Å². The quantitative estimate of drug-likeness (QED) is 0.669. The van der Waals surface area contributed by atoms with Gasteiger partial charge >= 0.3 is 0 Å². The molecule has 0 aromatic heterocycles. The average Bonchev–Trinajstić information content (AvgIpc) is 2.99. The zero-order valence-electron chi connectivity index (χ0n) is 17.4. The lowest BCUT2D eigenvalue weighted by atomic mass is 9.97. The molecular weight excluding hydrogens is 400 g/mol. The van der Waals surface area contributed by atoms with Gasteiger partial charge in [0.1, 0.15) is 11.4 Å². The number of benzene rings is 2. The van der Waals surface area contributed by atoms with Crippen molar-refractivity contribution in [2.75, 3.05) is 25.1 Å². The molecule has 2 aliphatic heterocycles. The van der Waals surface area contributed by atoms with Gasteiger partial charge in [-0.3, -0.25) is 9.59 Å². The normalized spacial score (nSPS) is 19.7. The number of aryl methyl sites for hydroxylation is 1. The lowest BCUT2D eigenvalue weighted by molar-refractivity contribution is -0.120. The van der Waals surface area contributed by atoms with E-state index in [0.717, 1.165) is 31.5 Å². The van der Waals surface area contributed by atoms with Crippen LogP contribution in [0.5, 0.6) is 5.75 Å². The van der Waals surface area contributed by atoms with Crippen LogP contribution in [-0.4, -0.2) is 36.9 Å². The van der Waals surface area contributed by atoms with E-state index >= 15 is 0 Å². The molecule has 2 aromatic rings. The number of anilines is 1. The first-order valence-corrected chi connectivity index (χ1v) is 10.6. The highest BCUT2D eigenvalue weighted by Crippen LogP contribution is 2.40. The van der Waals surface area contributed by atoms with Crippen molar-refractivity contribution in [3.63, 3.8) is 0 Å². The van der Waals surface area contributed by atoms with E-state index in [1.807, 2.05) is 37.3 Å². The van der Waals surface area contributed by atoms with Crippen molar-refractivity contribution in [1.82, 2.24) is 4.90 Å². The third-order valence-corrected chi connectivity index (χ3v) is 6.06. The molecule has 1 unspecified atom stereocenters. The molecular formula is C24H25ClN2O3. The number of carbonyl (C=O) groups excluding carboxylic acids is 2. The molecule has 30 heavy (non-hydrogen) atoms. The fourth-order valence-electron chi connectivity index (χ4n) is 4.34. The van der Waals surface area contributed by atoms with E-state index in [1.165, 1.54) is 4.90 Å². The number of hydrogen-bond donors (Lipinski definition) is 0. The highest BCUT2D eigenvalue weighted by molar-refractivity contribution is 6.46. The van der Waals surface area contributed by atoms with Crippen LogP contribution in [0.4, 0.5) is 5.69 Å². The third kappa shape index (κ3) is 3.47. The maximum atomic E-state index is 13.7. The Morgan fingerprint density at radius 2 is 1.87 bits per heavy atom. The van der Waals surface area contributed by atoms with E-state index in [4.69, 9.17) is 16.3 Å². The maximum absolute atomic E-state index is 13.7. The number of likely N-dealkylation sites (tertiary alicyclic amines) is 1. The summed E-state index contributed by atoms with van der Waals surface area (Å²) in [4.78, 5) is 30.7. The second-order valence-corrected chi connectivity index (χ2v) is 8.43. The van der Waals surface area contributed by atoms with Gasteiger partial charge in [0.15, 0.2) is 0 Å². The topological polar surface area (TPSA) is 49.9 Å². The van der Waals surface area contributed by atoms with Crippen LogP contribution in [0.3, 0.4) is 0 Å². The Kier molecular flexibility index (Phi) is 5.56. The summed E-state index contributed by atoms with van der Waals surface area (Å²) in [6.45, 7) is 5.54. The number of halogens is 1. The van der Waals surface area contributed by atoms with E-state index in [0.29, 0.717) is 39.2 Å². The summed E-state index contributed by atoms with van der Waals surface area (Å²) in [5.74, 6) is 0.374. The van der Waals surface area contributed by atoms with Gasteiger partial charge in [-0.25, -0.2) is 4.90 Å². The maximum Gasteiger partial charge on any atom is 0.282 e. The SMILES string of the molecule is COc1ccccc1C1=C(N2CCCC(C)C2)C(=O)N(c2cc(Cl)ccc2C)C1=O. The van der Waals surface area contributed by atoms with Gasteiger partial charge in [0, 0.05) is 23.7 Å². The number of amides is 2. The van der Waals surface area contributed by atoms with Crippen molar-refractivity contribution in [3.8, 4) is 5.75 Å². The van der Waals surface area contributed by atoms with E-state index in [1.54, 1.807) is 19.2 Å². The Hall–Kier alpha value is -2.79. The Morgan fingerprint density at radius 1 is 1.10 bits per heavy atom.